The van der Waals surface area contributed by atoms with Gasteiger partial charge in [-0.2, -0.15) is 11.8 Å². The number of thioether (sulfide) groups is 1. The summed E-state index contributed by atoms with van der Waals surface area (Å²) in [7, 11) is 0. The average Bonchev–Trinajstić information content (AvgIpc) is 2.87. The first kappa shape index (κ1) is 15.8. The largest absolute Gasteiger partial charge is 0.465 e. The molecule has 112 valence electrons. The van der Waals surface area contributed by atoms with Crippen LogP contribution in [0.4, 0.5) is 0 Å². The number of esters is 1. The SMILES string of the molecule is CCOC(=O)C1CCCc2sc(CSC(C)CC)nc21. The van der Waals surface area contributed by atoms with Crippen LogP contribution in [0.15, 0.2) is 0 Å². The van der Waals surface area contributed by atoms with Crippen molar-refractivity contribution >= 4 is 29.1 Å². The van der Waals surface area contributed by atoms with E-state index in [1.54, 1.807) is 11.3 Å². The van der Waals surface area contributed by atoms with Gasteiger partial charge in [-0.3, -0.25) is 4.79 Å². The second-order valence-electron chi connectivity index (χ2n) is 5.14. The smallest absolute Gasteiger partial charge is 0.315 e. The molecule has 1 aliphatic carbocycles. The molecule has 1 aromatic heterocycles. The molecule has 1 aromatic rings. The predicted molar refractivity (Wildman–Crippen MR) is 85.5 cm³/mol. The number of aryl methyl sites for hydroxylation is 1. The highest BCUT2D eigenvalue weighted by Crippen LogP contribution is 2.36. The van der Waals surface area contributed by atoms with E-state index in [9.17, 15) is 4.79 Å². The Morgan fingerprint density at radius 3 is 3.05 bits per heavy atom. The Labute approximate surface area is 129 Å². The molecule has 0 saturated heterocycles. The van der Waals surface area contributed by atoms with Gasteiger partial charge in [0.2, 0.25) is 0 Å². The number of fused-ring (bicyclic) bond motifs is 1. The van der Waals surface area contributed by atoms with Gasteiger partial charge >= 0.3 is 5.97 Å². The number of aromatic nitrogens is 1. The number of rotatable bonds is 6. The molecule has 0 bridgehead atoms. The average molecular weight is 313 g/mol. The molecule has 0 spiro atoms. The lowest BCUT2D eigenvalue weighted by molar-refractivity contribution is -0.145. The third-order valence-corrected chi connectivity index (χ3v) is 6.29. The summed E-state index contributed by atoms with van der Waals surface area (Å²) in [5.41, 5.74) is 0.999. The Morgan fingerprint density at radius 1 is 1.55 bits per heavy atom. The van der Waals surface area contributed by atoms with E-state index in [4.69, 9.17) is 9.72 Å². The number of carbonyl (C=O) groups excluding carboxylic acids is 1. The van der Waals surface area contributed by atoms with E-state index in [2.05, 4.69) is 13.8 Å². The number of nitrogens with zero attached hydrogens (tertiary/aromatic N) is 1. The van der Waals surface area contributed by atoms with Crippen LogP contribution in [-0.2, 0) is 21.7 Å². The van der Waals surface area contributed by atoms with Crippen molar-refractivity contribution < 1.29 is 9.53 Å². The number of ether oxygens (including phenoxy) is 1. The summed E-state index contributed by atoms with van der Waals surface area (Å²) >= 11 is 3.73. The molecule has 0 saturated carbocycles. The Balaban J connectivity index is 2.08. The third kappa shape index (κ3) is 3.76. The minimum atomic E-state index is -0.128. The quantitative estimate of drug-likeness (QED) is 0.739. The molecule has 0 amide bonds. The van der Waals surface area contributed by atoms with Gasteiger partial charge in [0.1, 0.15) is 10.9 Å². The third-order valence-electron chi connectivity index (χ3n) is 3.64. The molecule has 20 heavy (non-hydrogen) atoms. The Kier molecular flexibility index (Phi) is 5.90. The van der Waals surface area contributed by atoms with Gasteiger partial charge in [0.15, 0.2) is 0 Å². The molecular formula is C15H23NO2S2. The first-order chi connectivity index (χ1) is 9.65. The summed E-state index contributed by atoms with van der Waals surface area (Å²) in [6.07, 6.45) is 4.20. The van der Waals surface area contributed by atoms with Crippen LogP contribution in [0.1, 0.15) is 61.5 Å². The number of thiazole rings is 1. The molecule has 0 aromatic carbocycles. The topological polar surface area (TPSA) is 39.2 Å². The van der Waals surface area contributed by atoms with Crippen molar-refractivity contribution in [2.75, 3.05) is 6.61 Å². The van der Waals surface area contributed by atoms with Gasteiger partial charge in [-0.25, -0.2) is 4.98 Å². The second-order valence-corrected chi connectivity index (χ2v) is 7.74. The summed E-state index contributed by atoms with van der Waals surface area (Å²) in [6, 6.07) is 0. The monoisotopic (exact) mass is 313 g/mol. The highest BCUT2D eigenvalue weighted by molar-refractivity contribution is 7.99. The molecule has 5 heteroatoms. The normalized spacial score (nSPS) is 19.4. The zero-order valence-electron chi connectivity index (χ0n) is 12.5. The van der Waals surface area contributed by atoms with Crippen LogP contribution in [0.5, 0.6) is 0 Å². The van der Waals surface area contributed by atoms with Crippen LogP contribution in [0.2, 0.25) is 0 Å². The molecule has 2 rings (SSSR count). The maximum atomic E-state index is 12.0. The van der Waals surface area contributed by atoms with Crippen molar-refractivity contribution in [3.05, 3.63) is 15.6 Å². The molecule has 1 aliphatic rings. The fourth-order valence-corrected chi connectivity index (χ4v) is 4.47. The summed E-state index contributed by atoms with van der Waals surface area (Å²) < 4.78 is 5.18. The summed E-state index contributed by atoms with van der Waals surface area (Å²) in [5, 5.41) is 1.83. The lowest BCUT2D eigenvalue weighted by Gasteiger charge is -2.19. The zero-order chi connectivity index (χ0) is 14.5. The summed E-state index contributed by atoms with van der Waals surface area (Å²) in [6.45, 7) is 6.77. The zero-order valence-corrected chi connectivity index (χ0v) is 14.1. The minimum Gasteiger partial charge on any atom is -0.465 e. The van der Waals surface area contributed by atoms with Crippen LogP contribution in [-0.4, -0.2) is 22.8 Å². The van der Waals surface area contributed by atoms with Gasteiger partial charge in [0, 0.05) is 15.9 Å². The lowest BCUT2D eigenvalue weighted by Crippen LogP contribution is -2.20. The van der Waals surface area contributed by atoms with Gasteiger partial charge in [-0.05, 0) is 32.6 Å². The second kappa shape index (κ2) is 7.46. The molecular weight excluding hydrogens is 290 g/mol. The van der Waals surface area contributed by atoms with Crippen LogP contribution in [0, 0.1) is 0 Å². The lowest BCUT2D eigenvalue weighted by atomic mass is 9.91. The van der Waals surface area contributed by atoms with Gasteiger partial charge in [0.25, 0.3) is 0 Å². The molecule has 0 N–H and O–H groups in total. The van der Waals surface area contributed by atoms with Gasteiger partial charge in [-0.1, -0.05) is 13.8 Å². The maximum Gasteiger partial charge on any atom is 0.315 e. The molecule has 0 fully saturated rings. The standard InChI is InChI=1S/C15H23NO2S2/c1-4-10(3)19-9-13-16-14-11(15(17)18-5-2)7-6-8-12(14)20-13/h10-11H,4-9H2,1-3H3. The fraction of sp³-hybridized carbons (Fsp3) is 0.733. The number of hydrogen-bond acceptors (Lipinski definition) is 5. The first-order valence-corrected chi connectivity index (χ1v) is 9.28. The van der Waals surface area contributed by atoms with Crippen LogP contribution in [0.3, 0.4) is 0 Å². The van der Waals surface area contributed by atoms with E-state index in [0.29, 0.717) is 11.9 Å². The van der Waals surface area contributed by atoms with Crippen LogP contribution in [0.25, 0.3) is 0 Å². The van der Waals surface area contributed by atoms with Crippen molar-refractivity contribution in [1.29, 1.82) is 0 Å². The molecule has 0 radical (unpaired) electrons. The van der Waals surface area contributed by atoms with Gasteiger partial charge in [-0.15, -0.1) is 11.3 Å². The van der Waals surface area contributed by atoms with E-state index in [0.717, 1.165) is 35.7 Å². The summed E-state index contributed by atoms with van der Waals surface area (Å²) in [4.78, 5) is 18.1. The van der Waals surface area contributed by atoms with Crippen LogP contribution >= 0.6 is 23.1 Å². The number of carbonyl (C=O) groups is 1. The van der Waals surface area contributed by atoms with E-state index in [-0.39, 0.29) is 11.9 Å². The van der Waals surface area contributed by atoms with E-state index in [1.165, 1.54) is 11.3 Å². The highest BCUT2D eigenvalue weighted by Gasteiger charge is 2.31. The van der Waals surface area contributed by atoms with Crippen molar-refractivity contribution in [2.24, 2.45) is 0 Å². The van der Waals surface area contributed by atoms with E-state index in [1.807, 2.05) is 18.7 Å². The number of hydrogen-bond donors (Lipinski definition) is 0. The van der Waals surface area contributed by atoms with Crippen LogP contribution < -0.4 is 0 Å². The Bertz CT molecular complexity index is 459. The van der Waals surface area contributed by atoms with E-state index < -0.39 is 0 Å². The predicted octanol–water partition coefficient (Wildman–Crippen LogP) is 4.16. The Hall–Kier alpha value is -0.550. The van der Waals surface area contributed by atoms with E-state index >= 15 is 0 Å². The molecule has 3 nitrogen and oxygen atoms in total. The Morgan fingerprint density at radius 2 is 2.35 bits per heavy atom. The van der Waals surface area contributed by atoms with Gasteiger partial charge < -0.3 is 4.74 Å². The first-order valence-electron chi connectivity index (χ1n) is 7.42. The van der Waals surface area contributed by atoms with Crippen molar-refractivity contribution in [1.82, 2.24) is 4.98 Å². The van der Waals surface area contributed by atoms with Crippen molar-refractivity contribution in [3.8, 4) is 0 Å². The molecule has 2 atom stereocenters. The summed E-state index contributed by atoms with van der Waals surface area (Å²) in [5.74, 6) is 0.736. The fourth-order valence-electron chi connectivity index (χ4n) is 2.33. The van der Waals surface area contributed by atoms with Crippen molar-refractivity contribution in [3.63, 3.8) is 0 Å². The molecule has 2 unspecified atom stereocenters. The molecule has 1 heterocycles. The maximum absolute atomic E-state index is 12.0. The highest BCUT2D eigenvalue weighted by atomic mass is 32.2. The van der Waals surface area contributed by atoms with Crippen molar-refractivity contribution in [2.45, 2.75) is 63.4 Å². The minimum absolute atomic E-state index is 0.0973. The van der Waals surface area contributed by atoms with Gasteiger partial charge in [0.05, 0.1) is 12.3 Å². The molecule has 0 aliphatic heterocycles.